The Bertz CT molecular complexity index is 1110. The highest BCUT2D eigenvalue weighted by molar-refractivity contribution is 7.99. The lowest BCUT2D eigenvalue weighted by atomic mass is 10.0. The molecule has 0 aliphatic heterocycles. The number of ether oxygens (including phenoxy) is 1. The fraction of sp³-hybridized carbons (Fsp3) is 0.333. The van der Waals surface area contributed by atoms with Crippen LogP contribution in [0.4, 0.5) is 5.69 Å². The van der Waals surface area contributed by atoms with Crippen molar-refractivity contribution < 1.29 is 19.4 Å². The van der Waals surface area contributed by atoms with Crippen molar-refractivity contribution in [1.29, 1.82) is 0 Å². The third-order valence-corrected chi connectivity index (χ3v) is 6.23. The van der Waals surface area contributed by atoms with E-state index in [1.54, 1.807) is 43.0 Å². The summed E-state index contributed by atoms with van der Waals surface area (Å²) in [6.07, 6.45) is 0. The normalized spacial score (nSPS) is 11.8. The molecule has 0 fully saturated rings. The number of rotatable bonds is 10. The van der Waals surface area contributed by atoms with Gasteiger partial charge < -0.3 is 25.0 Å². The van der Waals surface area contributed by atoms with E-state index in [0.717, 1.165) is 5.69 Å². The number of anilines is 1. The Kier molecular flexibility index (Phi) is 8.67. The quantitative estimate of drug-likeness (QED) is 0.379. The molecule has 2 aromatic carbocycles. The van der Waals surface area contributed by atoms with Crippen LogP contribution in [0.1, 0.15) is 47.6 Å². The zero-order valence-electron chi connectivity index (χ0n) is 19.6. The first-order chi connectivity index (χ1) is 16.3. The number of benzene rings is 2. The van der Waals surface area contributed by atoms with E-state index in [1.807, 2.05) is 24.3 Å². The van der Waals surface area contributed by atoms with E-state index in [1.165, 1.54) is 17.3 Å². The van der Waals surface area contributed by atoms with Gasteiger partial charge in [0, 0.05) is 18.3 Å². The van der Waals surface area contributed by atoms with Gasteiger partial charge in [0.25, 0.3) is 5.91 Å². The first-order valence-corrected chi connectivity index (χ1v) is 11.8. The van der Waals surface area contributed by atoms with Crippen molar-refractivity contribution in [2.75, 3.05) is 24.8 Å². The number of carbonyl (C=O) groups excluding carboxylic acids is 2. The number of hydrogen-bond donors (Lipinski definition) is 3. The number of aliphatic hydroxyl groups is 1. The van der Waals surface area contributed by atoms with Crippen LogP contribution >= 0.6 is 11.8 Å². The third kappa shape index (κ3) is 6.36. The molecule has 3 aromatic rings. The Morgan fingerprint density at radius 2 is 1.76 bits per heavy atom. The van der Waals surface area contributed by atoms with Crippen molar-refractivity contribution >= 4 is 29.3 Å². The molecule has 1 atom stereocenters. The fourth-order valence-electron chi connectivity index (χ4n) is 3.21. The maximum atomic E-state index is 12.6. The molecule has 9 nitrogen and oxygen atoms in total. The summed E-state index contributed by atoms with van der Waals surface area (Å²) in [5, 5.41) is 24.2. The van der Waals surface area contributed by atoms with Gasteiger partial charge in [0.15, 0.2) is 11.0 Å². The minimum atomic E-state index is -0.755. The molecule has 34 heavy (non-hydrogen) atoms. The maximum absolute atomic E-state index is 12.6. The number of thioether (sulfide) groups is 1. The number of nitrogens with one attached hydrogen (secondary N) is 2. The molecule has 0 aliphatic carbocycles. The van der Waals surface area contributed by atoms with Crippen molar-refractivity contribution in [3.05, 3.63) is 65.5 Å². The monoisotopic (exact) mass is 483 g/mol. The SMILES string of the molecule is COc1ccc(C(=O)N[C@@H](CO)c2nnc(SCC(=O)Nc3ccc(C(C)C)cc3)n2C)cc1. The van der Waals surface area contributed by atoms with Crippen LogP contribution in [0.15, 0.2) is 53.7 Å². The molecule has 0 spiro atoms. The van der Waals surface area contributed by atoms with E-state index in [-0.39, 0.29) is 24.2 Å². The summed E-state index contributed by atoms with van der Waals surface area (Å²) in [7, 11) is 3.27. The zero-order chi connectivity index (χ0) is 24.7. The topological polar surface area (TPSA) is 118 Å². The van der Waals surface area contributed by atoms with Gasteiger partial charge in [0.2, 0.25) is 5.91 Å². The van der Waals surface area contributed by atoms with Gasteiger partial charge in [0.05, 0.1) is 19.5 Å². The number of aromatic nitrogens is 3. The van der Waals surface area contributed by atoms with Crippen LogP contribution in [0.5, 0.6) is 5.75 Å². The second-order valence-corrected chi connectivity index (χ2v) is 8.89. The van der Waals surface area contributed by atoms with Crippen molar-refractivity contribution in [2.45, 2.75) is 31.0 Å². The number of carbonyl (C=O) groups is 2. The molecule has 0 saturated heterocycles. The van der Waals surface area contributed by atoms with E-state index < -0.39 is 6.04 Å². The predicted octanol–water partition coefficient (Wildman–Crippen LogP) is 3.14. The molecule has 180 valence electrons. The molecule has 3 N–H and O–H groups in total. The third-order valence-electron chi connectivity index (χ3n) is 5.21. The molecular formula is C24H29N5O4S. The van der Waals surface area contributed by atoms with E-state index in [9.17, 15) is 14.7 Å². The van der Waals surface area contributed by atoms with Gasteiger partial charge in [-0.25, -0.2) is 0 Å². The molecule has 2 amide bonds. The lowest BCUT2D eigenvalue weighted by Crippen LogP contribution is -2.32. The predicted molar refractivity (Wildman–Crippen MR) is 131 cm³/mol. The minimum absolute atomic E-state index is 0.139. The van der Waals surface area contributed by atoms with Crippen LogP contribution in [0.2, 0.25) is 0 Å². The lowest BCUT2D eigenvalue weighted by molar-refractivity contribution is -0.113. The summed E-state index contributed by atoms with van der Waals surface area (Å²) in [6.45, 7) is 3.88. The average molecular weight is 484 g/mol. The number of aliphatic hydroxyl groups excluding tert-OH is 1. The lowest BCUT2D eigenvalue weighted by Gasteiger charge is -2.16. The summed E-state index contributed by atoms with van der Waals surface area (Å²) in [5.41, 5.74) is 2.36. The van der Waals surface area contributed by atoms with Gasteiger partial charge in [0.1, 0.15) is 11.8 Å². The van der Waals surface area contributed by atoms with E-state index in [4.69, 9.17) is 4.74 Å². The van der Waals surface area contributed by atoms with Gasteiger partial charge in [-0.1, -0.05) is 37.7 Å². The number of amides is 2. The molecule has 0 saturated carbocycles. The maximum Gasteiger partial charge on any atom is 0.251 e. The van der Waals surface area contributed by atoms with E-state index in [0.29, 0.717) is 28.2 Å². The summed E-state index contributed by atoms with van der Waals surface area (Å²) >= 11 is 1.22. The molecule has 0 unspecified atom stereocenters. The number of nitrogens with zero attached hydrogens (tertiary/aromatic N) is 3. The molecule has 0 bridgehead atoms. The largest absolute Gasteiger partial charge is 0.497 e. The van der Waals surface area contributed by atoms with Crippen LogP contribution in [0.3, 0.4) is 0 Å². The molecule has 1 heterocycles. The molecule has 0 aliphatic rings. The second-order valence-electron chi connectivity index (χ2n) is 7.95. The molecule has 3 rings (SSSR count). The van der Waals surface area contributed by atoms with Gasteiger partial charge in [-0.3, -0.25) is 9.59 Å². The van der Waals surface area contributed by atoms with Crippen molar-refractivity contribution in [2.24, 2.45) is 7.05 Å². The van der Waals surface area contributed by atoms with E-state index >= 15 is 0 Å². The Morgan fingerprint density at radius 1 is 1.09 bits per heavy atom. The summed E-state index contributed by atoms with van der Waals surface area (Å²) in [4.78, 5) is 24.9. The van der Waals surface area contributed by atoms with Crippen molar-refractivity contribution in [3.63, 3.8) is 0 Å². The van der Waals surface area contributed by atoms with Gasteiger partial charge >= 0.3 is 0 Å². The fourth-order valence-corrected chi connectivity index (χ4v) is 3.93. The van der Waals surface area contributed by atoms with Gasteiger partial charge in [-0.2, -0.15) is 0 Å². The van der Waals surface area contributed by atoms with Crippen LogP contribution in [-0.4, -0.2) is 51.2 Å². The van der Waals surface area contributed by atoms with Crippen LogP contribution in [-0.2, 0) is 11.8 Å². The van der Waals surface area contributed by atoms with Gasteiger partial charge in [-0.05, 0) is 47.9 Å². The standard InChI is InChI=1S/C24H29N5O4S/c1-15(2)16-5-9-18(10-6-16)25-21(31)14-34-24-28-27-22(29(24)3)20(13-30)26-23(32)17-7-11-19(33-4)12-8-17/h5-12,15,20,30H,13-14H2,1-4H3,(H,25,31)(H,26,32)/t20-/m0/s1. The summed E-state index contributed by atoms with van der Waals surface area (Å²) in [5.74, 6) is 1.06. The van der Waals surface area contributed by atoms with Crippen LogP contribution in [0, 0.1) is 0 Å². The Balaban J connectivity index is 1.58. The first kappa shape index (κ1) is 25.3. The van der Waals surface area contributed by atoms with Gasteiger partial charge in [-0.15, -0.1) is 10.2 Å². The Labute approximate surface area is 202 Å². The van der Waals surface area contributed by atoms with Crippen molar-refractivity contribution in [1.82, 2.24) is 20.1 Å². The molecule has 1 aromatic heterocycles. The highest BCUT2D eigenvalue weighted by Crippen LogP contribution is 2.21. The first-order valence-electron chi connectivity index (χ1n) is 10.8. The highest BCUT2D eigenvalue weighted by Gasteiger charge is 2.22. The molecule has 0 radical (unpaired) electrons. The van der Waals surface area contributed by atoms with Crippen LogP contribution in [0.25, 0.3) is 0 Å². The summed E-state index contributed by atoms with van der Waals surface area (Å²) in [6, 6.07) is 13.6. The number of hydrogen-bond acceptors (Lipinski definition) is 7. The summed E-state index contributed by atoms with van der Waals surface area (Å²) < 4.78 is 6.76. The number of methoxy groups -OCH3 is 1. The average Bonchev–Trinajstić information content (AvgIpc) is 3.21. The second kappa shape index (κ2) is 11.7. The van der Waals surface area contributed by atoms with Crippen molar-refractivity contribution in [3.8, 4) is 5.75 Å². The zero-order valence-corrected chi connectivity index (χ0v) is 20.4. The highest BCUT2D eigenvalue weighted by atomic mass is 32.2. The minimum Gasteiger partial charge on any atom is -0.497 e. The Morgan fingerprint density at radius 3 is 2.35 bits per heavy atom. The Hall–Kier alpha value is -3.37. The van der Waals surface area contributed by atoms with Crippen LogP contribution < -0.4 is 15.4 Å². The molecule has 10 heteroatoms. The molecular weight excluding hydrogens is 454 g/mol. The van der Waals surface area contributed by atoms with E-state index in [2.05, 4.69) is 34.7 Å². The smallest absolute Gasteiger partial charge is 0.251 e.